The first-order valence-electron chi connectivity index (χ1n) is 13.1. The van der Waals surface area contributed by atoms with Gasteiger partial charge in [0.25, 0.3) is 0 Å². The molecule has 0 radical (unpaired) electrons. The van der Waals surface area contributed by atoms with Gasteiger partial charge in [-0.2, -0.15) is 4.52 Å². The van der Waals surface area contributed by atoms with E-state index >= 15 is 0 Å². The van der Waals surface area contributed by atoms with Crippen LogP contribution in [0.1, 0.15) is 60.5 Å². The van der Waals surface area contributed by atoms with E-state index in [2.05, 4.69) is 55.1 Å². The fourth-order valence-electron chi connectivity index (χ4n) is 5.37. The number of benzene rings is 3. The molecule has 8 heteroatoms. The van der Waals surface area contributed by atoms with Gasteiger partial charge in [-0.15, -0.1) is 5.10 Å². The van der Waals surface area contributed by atoms with Crippen LogP contribution in [0.25, 0.3) is 15.7 Å². The minimum absolute atomic E-state index is 0.0212. The summed E-state index contributed by atoms with van der Waals surface area (Å²) in [6.07, 6.45) is 2.29. The van der Waals surface area contributed by atoms with Crippen LogP contribution >= 0.6 is 22.9 Å². The lowest BCUT2D eigenvalue weighted by atomic mass is 9.95. The van der Waals surface area contributed by atoms with E-state index in [1.165, 1.54) is 11.3 Å². The quantitative estimate of drug-likeness (QED) is 0.242. The summed E-state index contributed by atoms with van der Waals surface area (Å²) in [5.74, 6) is 2.40. The normalized spacial score (nSPS) is 16.7. The number of aromatic nitrogens is 3. The Balaban J connectivity index is 1.34. The average molecular weight is 547 g/mol. The Kier molecular flexibility index (Phi) is 6.76. The van der Waals surface area contributed by atoms with Crippen molar-refractivity contribution in [3.05, 3.63) is 87.5 Å². The number of halogens is 1. The smallest absolute Gasteiger partial charge is 0.230 e. The molecule has 1 N–H and O–H groups in total. The molecule has 0 bridgehead atoms. The number of hydrogen-bond donors (Lipinski definition) is 1. The third-order valence-corrected chi connectivity index (χ3v) is 9.12. The molecule has 1 aliphatic heterocycles. The van der Waals surface area contributed by atoms with Gasteiger partial charge in [-0.05, 0) is 78.0 Å². The van der Waals surface area contributed by atoms with Crippen LogP contribution < -0.4 is 4.74 Å². The molecule has 5 aromatic rings. The molecule has 2 aromatic heterocycles. The maximum absolute atomic E-state index is 11.4. The SMILES string of the molecule is COc1ccc2cc([C@H](C)c3nc4sc([C@H](c5ccc(Cl)cc5)N5CCC(C)CC5)c(O)n4n3)ccc2c1. The Morgan fingerprint density at radius 3 is 2.39 bits per heavy atom. The molecule has 0 spiro atoms. The second-order valence-corrected chi connectivity index (χ2v) is 11.8. The van der Waals surface area contributed by atoms with E-state index < -0.39 is 0 Å². The molecular formula is C30H31ClN4O2S. The molecule has 196 valence electrons. The van der Waals surface area contributed by atoms with Crippen molar-refractivity contribution in [1.29, 1.82) is 0 Å². The second kappa shape index (κ2) is 10.2. The van der Waals surface area contributed by atoms with Gasteiger partial charge in [0, 0.05) is 10.9 Å². The lowest BCUT2D eigenvalue weighted by Crippen LogP contribution is -2.36. The predicted octanol–water partition coefficient (Wildman–Crippen LogP) is 7.28. The minimum atomic E-state index is -0.0633. The molecule has 1 saturated heterocycles. The van der Waals surface area contributed by atoms with Crippen LogP contribution in [-0.2, 0) is 0 Å². The molecule has 0 aliphatic carbocycles. The standard InChI is InChI=1S/C30H31ClN4O2S/c1-18-12-14-34(15-13-18)26(20-6-9-24(31)10-7-20)27-29(36)35-30(38-27)32-28(33-35)19(2)21-4-5-23-17-25(37-3)11-8-22(23)16-21/h4-11,16-19,26,36H,12-15H2,1-3H3/t19-,26-/m0/s1. The van der Waals surface area contributed by atoms with Crippen LogP contribution in [0.3, 0.4) is 0 Å². The third-order valence-electron chi connectivity index (χ3n) is 7.79. The molecule has 3 aromatic carbocycles. The van der Waals surface area contributed by atoms with Crippen LogP contribution in [0.2, 0.25) is 5.02 Å². The van der Waals surface area contributed by atoms with E-state index in [1.54, 1.807) is 11.6 Å². The Hall–Kier alpha value is -3.13. The number of methoxy groups -OCH3 is 1. The van der Waals surface area contributed by atoms with Gasteiger partial charge < -0.3 is 9.84 Å². The Labute approximate surface area is 231 Å². The van der Waals surface area contributed by atoms with Crippen molar-refractivity contribution in [2.75, 3.05) is 20.2 Å². The van der Waals surface area contributed by atoms with Crippen molar-refractivity contribution < 1.29 is 9.84 Å². The topological polar surface area (TPSA) is 62.9 Å². The van der Waals surface area contributed by atoms with Gasteiger partial charge in [0.15, 0.2) is 5.82 Å². The number of hydrogen-bond acceptors (Lipinski definition) is 6. The van der Waals surface area contributed by atoms with Gasteiger partial charge in [0.2, 0.25) is 10.8 Å². The first-order valence-corrected chi connectivity index (χ1v) is 14.3. The van der Waals surface area contributed by atoms with Gasteiger partial charge in [-0.25, -0.2) is 4.98 Å². The lowest BCUT2D eigenvalue weighted by molar-refractivity contribution is 0.157. The predicted molar refractivity (Wildman–Crippen MR) is 154 cm³/mol. The molecule has 0 unspecified atom stereocenters. The first kappa shape index (κ1) is 25.2. The van der Waals surface area contributed by atoms with Crippen molar-refractivity contribution in [2.45, 2.75) is 38.6 Å². The highest BCUT2D eigenvalue weighted by molar-refractivity contribution is 7.17. The monoisotopic (exact) mass is 546 g/mol. The molecule has 6 rings (SSSR count). The number of likely N-dealkylation sites (tertiary alicyclic amines) is 1. The van der Waals surface area contributed by atoms with Crippen LogP contribution in [0.15, 0.2) is 60.7 Å². The summed E-state index contributed by atoms with van der Waals surface area (Å²) in [7, 11) is 1.68. The zero-order valence-corrected chi connectivity index (χ0v) is 23.3. The summed E-state index contributed by atoms with van der Waals surface area (Å²) < 4.78 is 6.96. The lowest BCUT2D eigenvalue weighted by Gasteiger charge is -2.36. The van der Waals surface area contributed by atoms with E-state index in [0.717, 1.165) is 58.5 Å². The molecule has 0 amide bonds. The largest absolute Gasteiger partial charge is 0.497 e. The highest BCUT2D eigenvalue weighted by Crippen LogP contribution is 2.42. The van der Waals surface area contributed by atoms with Gasteiger partial charge in [-0.1, -0.05) is 73.2 Å². The number of rotatable bonds is 6. The summed E-state index contributed by atoms with van der Waals surface area (Å²) in [6, 6.07) is 20.4. The zero-order chi connectivity index (χ0) is 26.4. The van der Waals surface area contributed by atoms with Crippen LogP contribution in [0.5, 0.6) is 11.6 Å². The fourth-order valence-corrected chi connectivity index (χ4v) is 6.62. The maximum atomic E-state index is 11.4. The summed E-state index contributed by atoms with van der Waals surface area (Å²) in [5.41, 5.74) is 2.24. The highest BCUT2D eigenvalue weighted by Gasteiger charge is 2.32. The molecule has 2 atom stereocenters. The summed E-state index contributed by atoms with van der Waals surface area (Å²) in [6.45, 7) is 6.38. The van der Waals surface area contributed by atoms with Crippen LogP contribution in [-0.4, -0.2) is 44.8 Å². The summed E-state index contributed by atoms with van der Waals surface area (Å²) in [5, 5.41) is 19.2. The molecule has 6 nitrogen and oxygen atoms in total. The molecule has 1 aliphatic rings. The van der Waals surface area contributed by atoms with E-state index in [0.29, 0.717) is 21.7 Å². The van der Waals surface area contributed by atoms with Crippen molar-refractivity contribution in [1.82, 2.24) is 19.5 Å². The van der Waals surface area contributed by atoms with Crippen molar-refractivity contribution in [3.63, 3.8) is 0 Å². The van der Waals surface area contributed by atoms with E-state index in [1.807, 2.05) is 24.3 Å². The Morgan fingerprint density at radius 2 is 1.68 bits per heavy atom. The molecule has 1 fully saturated rings. The highest BCUT2D eigenvalue weighted by atomic mass is 35.5. The van der Waals surface area contributed by atoms with Gasteiger partial charge in [0.05, 0.1) is 18.0 Å². The van der Waals surface area contributed by atoms with Gasteiger partial charge in [-0.3, -0.25) is 4.90 Å². The Bertz CT molecular complexity index is 1590. The average Bonchev–Trinajstić information content (AvgIpc) is 3.49. The molecule has 38 heavy (non-hydrogen) atoms. The van der Waals surface area contributed by atoms with E-state index in [-0.39, 0.29) is 17.8 Å². The fraction of sp³-hybridized carbons (Fsp3) is 0.333. The van der Waals surface area contributed by atoms with Crippen molar-refractivity contribution >= 4 is 38.7 Å². The summed E-state index contributed by atoms with van der Waals surface area (Å²) in [4.78, 5) is 8.91. The summed E-state index contributed by atoms with van der Waals surface area (Å²) >= 11 is 7.71. The van der Waals surface area contributed by atoms with E-state index in [9.17, 15) is 5.11 Å². The molecular weight excluding hydrogens is 516 g/mol. The minimum Gasteiger partial charge on any atom is -0.497 e. The zero-order valence-electron chi connectivity index (χ0n) is 21.8. The number of aromatic hydroxyl groups is 1. The van der Waals surface area contributed by atoms with Crippen molar-refractivity contribution in [2.24, 2.45) is 5.92 Å². The maximum Gasteiger partial charge on any atom is 0.230 e. The van der Waals surface area contributed by atoms with E-state index in [4.69, 9.17) is 26.4 Å². The number of fused-ring (bicyclic) bond motifs is 2. The van der Waals surface area contributed by atoms with Crippen LogP contribution in [0.4, 0.5) is 0 Å². The second-order valence-electron chi connectivity index (χ2n) is 10.3. The van der Waals surface area contributed by atoms with Crippen molar-refractivity contribution in [3.8, 4) is 11.6 Å². The molecule has 3 heterocycles. The Morgan fingerprint density at radius 1 is 1.00 bits per heavy atom. The third kappa shape index (κ3) is 4.64. The first-order chi connectivity index (χ1) is 18.4. The number of nitrogens with zero attached hydrogens (tertiary/aromatic N) is 4. The van der Waals surface area contributed by atoms with Crippen LogP contribution in [0, 0.1) is 5.92 Å². The molecule has 0 saturated carbocycles. The van der Waals surface area contributed by atoms with Gasteiger partial charge in [0.1, 0.15) is 5.75 Å². The number of thiazole rings is 1. The number of piperidine rings is 1. The van der Waals surface area contributed by atoms with Gasteiger partial charge >= 0.3 is 0 Å². The number of ether oxygens (including phenoxy) is 1.